The average molecular weight is 349 g/mol. The van der Waals surface area contributed by atoms with Gasteiger partial charge in [0.2, 0.25) is 5.91 Å². The van der Waals surface area contributed by atoms with Crippen LogP contribution in [0.3, 0.4) is 0 Å². The van der Waals surface area contributed by atoms with Gasteiger partial charge in [0.05, 0.1) is 12.3 Å². The van der Waals surface area contributed by atoms with Crippen LogP contribution in [0.2, 0.25) is 0 Å². The van der Waals surface area contributed by atoms with Crippen LogP contribution < -0.4 is 0 Å². The number of nitrogens with zero attached hydrogens (tertiary/aromatic N) is 3. The van der Waals surface area contributed by atoms with Gasteiger partial charge in [-0.2, -0.15) is 0 Å². The second-order valence-corrected chi connectivity index (χ2v) is 7.04. The molecule has 1 aliphatic carbocycles. The average Bonchev–Trinajstić information content (AvgIpc) is 3.10. The Morgan fingerprint density at radius 3 is 2.69 bits per heavy atom. The summed E-state index contributed by atoms with van der Waals surface area (Å²) < 4.78 is 0. The zero-order valence-corrected chi connectivity index (χ0v) is 14.8. The minimum Gasteiger partial charge on any atom is -0.390 e. The summed E-state index contributed by atoms with van der Waals surface area (Å²) in [5.74, 6) is 0.428. The van der Waals surface area contributed by atoms with Crippen molar-refractivity contribution in [1.29, 1.82) is 0 Å². The number of carbonyl (C=O) groups is 1. The van der Waals surface area contributed by atoms with Crippen molar-refractivity contribution < 1.29 is 9.63 Å². The topological polar surface area (TPSA) is 54.8 Å². The molecule has 1 amide bonds. The van der Waals surface area contributed by atoms with Gasteiger partial charge in [0, 0.05) is 36.8 Å². The van der Waals surface area contributed by atoms with Gasteiger partial charge < -0.3 is 9.74 Å². The molecule has 5 heteroatoms. The first-order valence-corrected chi connectivity index (χ1v) is 9.25. The number of oxime groups is 1. The van der Waals surface area contributed by atoms with E-state index in [0.29, 0.717) is 19.5 Å². The highest BCUT2D eigenvalue weighted by Crippen LogP contribution is 2.29. The van der Waals surface area contributed by atoms with Crippen molar-refractivity contribution in [2.75, 3.05) is 6.54 Å². The van der Waals surface area contributed by atoms with Crippen LogP contribution in [-0.4, -0.2) is 34.2 Å². The monoisotopic (exact) mass is 349 g/mol. The standard InChI is InChI=1S/C21H23N3O2/c25-21(17-8-4-9-17)24(14-16-6-2-1-3-7-16)15-19-12-20(23-26-19)18-10-5-11-22-13-18/h1-3,5-7,10-11,13,17,19H,4,8-9,12,14-15H2/t19-/m1/s1. The molecule has 0 unspecified atom stereocenters. The van der Waals surface area contributed by atoms with Crippen molar-refractivity contribution in [3.63, 3.8) is 0 Å². The maximum absolute atomic E-state index is 12.9. The molecule has 0 saturated heterocycles. The lowest BCUT2D eigenvalue weighted by molar-refractivity contribution is -0.140. The number of carbonyl (C=O) groups excluding carboxylic acids is 1. The van der Waals surface area contributed by atoms with Crippen molar-refractivity contribution >= 4 is 11.6 Å². The van der Waals surface area contributed by atoms with Crippen LogP contribution in [0, 0.1) is 5.92 Å². The van der Waals surface area contributed by atoms with E-state index in [1.54, 1.807) is 12.4 Å². The summed E-state index contributed by atoms with van der Waals surface area (Å²) >= 11 is 0. The largest absolute Gasteiger partial charge is 0.390 e. The lowest BCUT2D eigenvalue weighted by Gasteiger charge is -2.32. The van der Waals surface area contributed by atoms with Crippen LogP contribution in [0.1, 0.15) is 36.8 Å². The van der Waals surface area contributed by atoms with Crippen LogP contribution in [0.5, 0.6) is 0 Å². The van der Waals surface area contributed by atoms with Crippen LogP contribution >= 0.6 is 0 Å². The van der Waals surface area contributed by atoms with Gasteiger partial charge in [-0.3, -0.25) is 9.78 Å². The quantitative estimate of drug-likeness (QED) is 0.803. The van der Waals surface area contributed by atoms with E-state index in [9.17, 15) is 4.79 Å². The highest BCUT2D eigenvalue weighted by molar-refractivity contribution is 6.01. The summed E-state index contributed by atoms with van der Waals surface area (Å²) in [5.41, 5.74) is 3.03. The SMILES string of the molecule is O=C(C1CCC1)N(Cc1ccccc1)C[C@H]1CC(c2cccnc2)=NO1. The minimum atomic E-state index is -0.0991. The third-order valence-electron chi connectivity index (χ3n) is 5.13. The number of aromatic nitrogens is 1. The molecule has 1 aromatic heterocycles. The van der Waals surface area contributed by atoms with E-state index in [2.05, 4.69) is 22.3 Å². The van der Waals surface area contributed by atoms with Crippen LogP contribution in [0.25, 0.3) is 0 Å². The molecule has 4 rings (SSSR count). The Hall–Kier alpha value is -2.69. The first-order chi connectivity index (χ1) is 12.8. The maximum atomic E-state index is 12.9. The molecule has 1 atom stereocenters. The molecule has 0 radical (unpaired) electrons. The maximum Gasteiger partial charge on any atom is 0.226 e. The third-order valence-corrected chi connectivity index (χ3v) is 5.13. The Kier molecular flexibility index (Phi) is 4.95. The van der Waals surface area contributed by atoms with Crippen LogP contribution in [0.4, 0.5) is 0 Å². The molecular formula is C21H23N3O2. The molecule has 1 fully saturated rings. The fourth-order valence-electron chi connectivity index (χ4n) is 3.43. The summed E-state index contributed by atoms with van der Waals surface area (Å²) in [6.07, 6.45) is 7.32. The summed E-state index contributed by atoms with van der Waals surface area (Å²) in [4.78, 5) is 24.6. The van der Waals surface area contributed by atoms with E-state index in [0.717, 1.165) is 36.1 Å². The molecule has 1 saturated carbocycles. The number of benzene rings is 1. The van der Waals surface area contributed by atoms with Gasteiger partial charge in [-0.25, -0.2) is 0 Å². The van der Waals surface area contributed by atoms with E-state index in [1.807, 2.05) is 35.2 Å². The normalized spacial score (nSPS) is 19.4. The molecule has 0 N–H and O–H groups in total. The first-order valence-electron chi connectivity index (χ1n) is 9.25. The predicted molar refractivity (Wildman–Crippen MR) is 99.5 cm³/mol. The Morgan fingerprint density at radius 1 is 1.15 bits per heavy atom. The summed E-state index contributed by atoms with van der Waals surface area (Å²) in [6, 6.07) is 14.0. The molecule has 2 heterocycles. The van der Waals surface area contributed by atoms with E-state index in [4.69, 9.17) is 4.84 Å². The van der Waals surface area contributed by atoms with Crippen molar-refractivity contribution in [3.05, 3.63) is 66.0 Å². The number of hydrogen-bond donors (Lipinski definition) is 0. The van der Waals surface area contributed by atoms with E-state index in [-0.39, 0.29) is 17.9 Å². The smallest absolute Gasteiger partial charge is 0.226 e. The number of pyridine rings is 1. The van der Waals surface area contributed by atoms with Gasteiger partial charge in [0.15, 0.2) is 6.10 Å². The van der Waals surface area contributed by atoms with Gasteiger partial charge in [0.25, 0.3) is 0 Å². The second-order valence-electron chi connectivity index (χ2n) is 7.04. The Balaban J connectivity index is 1.42. The molecule has 0 spiro atoms. The summed E-state index contributed by atoms with van der Waals surface area (Å²) in [7, 11) is 0. The predicted octanol–water partition coefficient (Wildman–Crippen LogP) is 3.40. The molecule has 2 aromatic rings. The molecule has 2 aliphatic rings. The van der Waals surface area contributed by atoms with E-state index >= 15 is 0 Å². The Morgan fingerprint density at radius 2 is 2.00 bits per heavy atom. The van der Waals surface area contributed by atoms with Crippen LogP contribution in [0.15, 0.2) is 60.0 Å². The highest BCUT2D eigenvalue weighted by atomic mass is 16.6. The lowest BCUT2D eigenvalue weighted by atomic mass is 9.84. The fourth-order valence-corrected chi connectivity index (χ4v) is 3.43. The second kappa shape index (κ2) is 7.68. The highest BCUT2D eigenvalue weighted by Gasteiger charge is 2.32. The molecule has 134 valence electrons. The minimum absolute atomic E-state index is 0.0991. The summed E-state index contributed by atoms with van der Waals surface area (Å²) in [5, 5.41) is 4.22. The van der Waals surface area contributed by atoms with Crippen molar-refractivity contribution in [2.24, 2.45) is 11.1 Å². The molecule has 1 aromatic carbocycles. The summed E-state index contributed by atoms with van der Waals surface area (Å²) in [6.45, 7) is 1.19. The first kappa shape index (κ1) is 16.8. The zero-order valence-electron chi connectivity index (χ0n) is 14.8. The molecule has 26 heavy (non-hydrogen) atoms. The van der Waals surface area contributed by atoms with Crippen molar-refractivity contribution in [3.8, 4) is 0 Å². The number of amides is 1. The van der Waals surface area contributed by atoms with Gasteiger partial charge in [0.1, 0.15) is 0 Å². The van der Waals surface area contributed by atoms with E-state index < -0.39 is 0 Å². The fraction of sp³-hybridized carbons (Fsp3) is 0.381. The third kappa shape index (κ3) is 3.77. The molecule has 5 nitrogen and oxygen atoms in total. The van der Waals surface area contributed by atoms with Gasteiger partial charge in [-0.15, -0.1) is 0 Å². The van der Waals surface area contributed by atoms with E-state index in [1.165, 1.54) is 0 Å². The Labute approximate surface area is 153 Å². The zero-order chi connectivity index (χ0) is 17.8. The van der Waals surface area contributed by atoms with Crippen molar-refractivity contribution in [1.82, 2.24) is 9.88 Å². The van der Waals surface area contributed by atoms with Gasteiger partial charge >= 0.3 is 0 Å². The van der Waals surface area contributed by atoms with Gasteiger partial charge in [-0.1, -0.05) is 41.9 Å². The molecule has 1 aliphatic heterocycles. The van der Waals surface area contributed by atoms with Crippen LogP contribution in [-0.2, 0) is 16.2 Å². The number of hydrogen-bond acceptors (Lipinski definition) is 4. The van der Waals surface area contributed by atoms with Gasteiger partial charge in [-0.05, 0) is 30.5 Å². The molecular weight excluding hydrogens is 326 g/mol. The lowest BCUT2D eigenvalue weighted by Crippen LogP contribution is -2.42. The number of rotatable bonds is 6. The Bertz CT molecular complexity index is 772. The molecule has 0 bridgehead atoms. The van der Waals surface area contributed by atoms with Crippen molar-refractivity contribution in [2.45, 2.75) is 38.3 Å².